The maximum absolute atomic E-state index is 13.2. The third-order valence-electron chi connectivity index (χ3n) is 6.21. The van der Waals surface area contributed by atoms with Crippen LogP contribution in [-0.4, -0.2) is 54.1 Å². The fourth-order valence-corrected chi connectivity index (χ4v) is 5.64. The van der Waals surface area contributed by atoms with Crippen LogP contribution in [-0.2, 0) is 4.79 Å². The number of carboxylic acid groups (broad SMARTS) is 1. The van der Waals surface area contributed by atoms with Crippen LogP contribution >= 0.6 is 22.9 Å². The number of nitrogens with one attached hydrogen (secondary N) is 1. The first-order chi connectivity index (χ1) is 17.5. The first-order valence-corrected chi connectivity index (χ1v) is 12.5. The maximum atomic E-state index is 13.2. The van der Waals surface area contributed by atoms with E-state index in [0.717, 1.165) is 26.6 Å². The van der Waals surface area contributed by atoms with Gasteiger partial charge in [0.2, 0.25) is 0 Å². The van der Waals surface area contributed by atoms with E-state index in [-0.39, 0.29) is 5.91 Å². The fraction of sp³-hybridized carbons (Fsp3) is 0.160. The average Bonchev–Trinajstić information content (AvgIpc) is 3.61. The number of benzene rings is 2. The molecule has 6 rings (SSSR count). The van der Waals surface area contributed by atoms with Crippen LogP contribution in [0, 0.1) is 0 Å². The normalized spacial score (nSPS) is 15.6. The minimum atomic E-state index is -0.988. The molecule has 1 aliphatic rings. The second-order valence-electron chi connectivity index (χ2n) is 8.47. The van der Waals surface area contributed by atoms with E-state index in [4.69, 9.17) is 11.6 Å². The standard InChI is InChI=1S/C25H19ClN6O3S/c26-15-7-10-18-20(13-15)36-25(28-18)27-16-8-5-14(6-9-16)21-29-30-22-17(3-1-12-32(21)22)23(33)31-11-2-4-19(31)24(34)35/h1,3,5-10,12-13,19H,2,4,11H2,(H,27,28)(H,34,35)/t19-/m0/s1. The zero-order valence-corrected chi connectivity index (χ0v) is 20.3. The minimum Gasteiger partial charge on any atom is -0.480 e. The number of hydrogen-bond donors (Lipinski definition) is 2. The van der Waals surface area contributed by atoms with Crippen LogP contribution in [0.15, 0.2) is 60.8 Å². The molecular weight excluding hydrogens is 500 g/mol. The number of anilines is 2. The van der Waals surface area contributed by atoms with Crippen molar-refractivity contribution in [2.45, 2.75) is 18.9 Å². The van der Waals surface area contributed by atoms with Gasteiger partial charge in [-0.2, -0.15) is 0 Å². The summed E-state index contributed by atoms with van der Waals surface area (Å²) >= 11 is 7.60. The summed E-state index contributed by atoms with van der Waals surface area (Å²) in [5, 5.41) is 22.8. The van der Waals surface area contributed by atoms with E-state index in [1.54, 1.807) is 22.7 Å². The molecule has 11 heteroatoms. The summed E-state index contributed by atoms with van der Waals surface area (Å²) in [7, 11) is 0. The van der Waals surface area contributed by atoms with Gasteiger partial charge in [-0.3, -0.25) is 9.20 Å². The molecule has 1 saturated heterocycles. The highest BCUT2D eigenvalue weighted by Crippen LogP contribution is 2.31. The number of carbonyl (C=O) groups is 2. The fourth-order valence-electron chi connectivity index (χ4n) is 4.48. The Balaban J connectivity index is 1.27. The molecule has 180 valence electrons. The van der Waals surface area contributed by atoms with E-state index in [1.807, 2.05) is 42.5 Å². The molecule has 36 heavy (non-hydrogen) atoms. The number of aromatic nitrogens is 4. The molecule has 0 radical (unpaired) electrons. The Morgan fingerprint density at radius 2 is 1.94 bits per heavy atom. The second kappa shape index (κ2) is 8.89. The molecule has 3 aromatic heterocycles. The summed E-state index contributed by atoms with van der Waals surface area (Å²) in [6.07, 6.45) is 2.90. The molecule has 2 aromatic carbocycles. The summed E-state index contributed by atoms with van der Waals surface area (Å²) in [5.74, 6) is -0.753. The van der Waals surface area contributed by atoms with E-state index in [1.165, 1.54) is 16.2 Å². The molecule has 9 nitrogen and oxygen atoms in total. The Morgan fingerprint density at radius 1 is 1.11 bits per heavy atom. The van der Waals surface area contributed by atoms with Gasteiger partial charge in [0.15, 0.2) is 16.6 Å². The monoisotopic (exact) mass is 518 g/mol. The highest BCUT2D eigenvalue weighted by molar-refractivity contribution is 7.22. The zero-order chi connectivity index (χ0) is 24.8. The van der Waals surface area contributed by atoms with Crippen molar-refractivity contribution >= 4 is 61.5 Å². The number of thiazole rings is 1. The number of pyridine rings is 1. The Labute approximate surface area is 214 Å². The molecule has 1 fully saturated rings. The van der Waals surface area contributed by atoms with Crippen molar-refractivity contribution in [2.75, 3.05) is 11.9 Å². The maximum Gasteiger partial charge on any atom is 0.326 e. The van der Waals surface area contributed by atoms with Gasteiger partial charge in [0.05, 0.1) is 15.8 Å². The molecule has 4 heterocycles. The van der Waals surface area contributed by atoms with Crippen molar-refractivity contribution in [3.05, 3.63) is 71.4 Å². The Kier molecular flexibility index (Phi) is 5.54. The molecule has 0 spiro atoms. The Morgan fingerprint density at radius 3 is 2.75 bits per heavy atom. The van der Waals surface area contributed by atoms with Crippen molar-refractivity contribution in [1.82, 2.24) is 24.5 Å². The highest BCUT2D eigenvalue weighted by atomic mass is 35.5. The van der Waals surface area contributed by atoms with Crippen LogP contribution in [0.25, 0.3) is 27.3 Å². The van der Waals surface area contributed by atoms with E-state index in [2.05, 4.69) is 20.5 Å². The lowest BCUT2D eigenvalue weighted by atomic mass is 10.1. The Hall–Kier alpha value is -4.02. The summed E-state index contributed by atoms with van der Waals surface area (Å²) in [4.78, 5) is 30.7. The summed E-state index contributed by atoms with van der Waals surface area (Å²) < 4.78 is 2.75. The van der Waals surface area contributed by atoms with Gasteiger partial charge in [-0.15, -0.1) is 10.2 Å². The zero-order valence-electron chi connectivity index (χ0n) is 18.8. The average molecular weight is 519 g/mol. The van der Waals surface area contributed by atoms with Crippen LogP contribution in [0.5, 0.6) is 0 Å². The van der Waals surface area contributed by atoms with Gasteiger partial charge in [-0.25, -0.2) is 9.78 Å². The van der Waals surface area contributed by atoms with Crippen LogP contribution in [0.4, 0.5) is 10.8 Å². The topological polar surface area (TPSA) is 113 Å². The number of fused-ring (bicyclic) bond motifs is 2. The van der Waals surface area contributed by atoms with Crippen molar-refractivity contribution in [3.8, 4) is 11.4 Å². The minimum absolute atomic E-state index is 0.332. The van der Waals surface area contributed by atoms with E-state index < -0.39 is 12.0 Å². The van der Waals surface area contributed by atoms with Crippen LogP contribution in [0.3, 0.4) is 0 Å². The molecule has 0 saturated carbocycles. The number of carboxylic acids is 1. The van der Waals surface area contributed by atoms with Crippen molar-refractivity contribution in [1.29, 1.82) is 0 Å². The van der Waals surface area contributed by atoms with Gasteiger partial charge in [-0.05, 0) is 67.4 Å². The second-order valence-corrected chi connectivity index (χ2v) is 9.93. The van der Waals surface area contributed by atoms with Crippen LogP contribution in [0.2, 0.25) is 5.02 Å². The molecular formula is C25H19ClN6O3S. The lowest BCUT2D eigenvalue weighted by Crippen LogP contribution is -2.40. The molecule has 0 aliphatic carbocycles. The Bertz CT molecular complexity index is 1630. The smallest absolute Gasteiger partial charge is 0.326 e. The SMILES string of the molecule is O=C(O)[C@@H]1CCCN1C(=O)c1cccn2c(-c3ccc(Nc4nc5ccc(Cl)cc5s4)cc3)nnc12. The third kappa shape index (κ3) is 3.94. The molecule has 2 N–H and O–H groups in total. The number of amides is 1. The van der Waals surface area contributed by atoms with Crippen molar-refractivity contribution in [2.24, 2.45) is 0 Å². The van der Waals surface area contributed by atoms with Gasteiger partial charge in [0.25, 0.3) is 5.91 Å². The number of rotatable bonds is 5. The summed E-state index contributed by atoms with van der Waals surface area (Å²) in [6.45, 7) is 0.411. The molecule has 1 atom stereocenters. The van der Waals surface area contributed by atoms with Crippen LogP contribution in [0.1, 0.15) is 23.2 Å². The van der Waals surface area contributed by atoms with Gasteiger partial charge in [-0.1, -0.05) is 22.9 Å². The molecule has 5 aromatic rings. The number of carbonyl (C=O) groups excluding carboxylic acids is 1. The van der Waals surface area contributed by atoms with Crippen LogP contribution < -0.4 is 5.32 Å². The third-order valence-corrected chi connectivity index (χ3v) is 7.38. The quantitative estimate of drug-likeness (QED) is 0.333. The highest BCUT2D eigenvalue weighted by Gasteiger charge is 2.35. The molecule has 0 bridgehead atoms. The lowest BCUT2D eigenvalue weighted by Gasteiger charge is -2.21. The van der Waals surface area contributed by atoms with E-state index in [0.29, 0.717) is 41.4 Å². The first kappa shape index (κ1) is 22.4. The molecule has 0 unspecified atom stereocenters. The van der Waals surface area contributed by atoms with E-state index in [9.17, 15) is 14.7 Å². The summed E-state index contributed by atoms with van der Waals surface area (Å²) in [5.41, 5.74) is 3.29. The predicted molar refractivity (Wildman–Crippen MR) is 138 cm³/mol. The lowest BCUT2D eigenvalue weighted by molar-refractivity contribution is -0.141. The largest absolute Gasteiger partial charge is 0.480 e. The molecule has 1 aliphatic heterocycles. The van der Waals surface area contributed by atoms with Gasteiger partial charge >= 0.3 is 5.97 Å². The van der Waals surface area contributed by atoms with Crippen molar-refractivity contribution < 1.29 is 14.7 Å². The number of likely N-dealkylation sites (tertiary alicyclic amines) is 1. The summed E-state index contributed by atoms with van der Waals surface area (Å²) in [6, 6.07) is 15.9. The number of hydrogen-bond acceptors (Lipinski definition) is 7. The van der Waals surface area contributed by atoms with E-state index >= 15 is 0 Å². The first-order valence-electron chi connectivity index (χ1n) is 11.3. The number of nitrogens with zero attached hydrogens (tertiary/aromatic N) is 5. The molecule has 1 amide bonds. The van der Waals surface area contributed by atoms with Crippen molar-refractivity contribution in [3.63, 3.8) is 0 Å². The predicted octanol–water partition coefficient (Wildman–Crippen LogP) is 5.09. The number of aliphatic carboxylic acids is 1. The van der Waals surface area contributed by atoms with Gasteiger partial charge < -0.3 is 15.3 Å². The van der Waals surface area contributed by atoms with Gasteiger partial charge in [0, 0.05) is 29.0 Å². The van der Waals surface area contributed by atoms with Gasteiger partial charge in [0.1, 0.15) is 6.04 Å². The number of halogens is 1.